The zero-order valence-electron chi connectivity index (χ0n) is 17.3. The van der Waals surface area contributed by atoms with Crippen LogP contribution in [0.15, 0.2) is 57.3 Å². The number of aliphatic carboxylic acids is 1. The summed E-state index contributed by atoms with van der Waals surface area (Å²) < 4.78 is 37.3. The lowest BCUT2D eigenvalue weighted by atomic mass is 10.1. The number of rotatable bonds is 9. The van der Waals surface area contributed by atoms with Crippen LogP contribution in [0.2, 0.25) is 0 Å². The van der Waals surface area contributed by atoms with Gasteiger partial charge in [0, 0.05) is 6.07 Å². The number of hydrogen-bond donors (Lipinski definition) is 3. The number of carboxylic acid groups (broad SMARTS) is 1. The zero-order valence-corrected chi connectivity index (χ0v) is 19.0. The standard InChI is InChI=1S/C19H18N2O7S2.CH5N/c1-2-27-19(24)15-11-13(20-28-15)16-8-9-17(29-16)30(25,26)21-14(18(22)23)10-12-6-4-3-5-7-12;1-2/h3-9,11,14,21H,2,10H2,1H3,(H,22,23);2H2,1H3. The Morgan fingerprint density at radius 2 is 1.91 bits per heavy atom. The average Bonchev–Trinajstić information content (AvgIpc) is 3.46. The predicted molar refractivity (Wildman–Crippen MR) is 118 cm³/mol. The fourth-order valence-electron chi connectivity index (χ4n) is 2.57. The number of nitrogens with two attached hydrogens (primary N) is 1. The number of hydrogen-bond acceptors (Lipinski definition) is 9. The van der Waals surface area contributed by atoms with Crippen LogP contribution in [-0.2, 0) is 26.0 Å². The van der Waals surface area contributed by atoms with Gasteiger partial charge in [-0.1, -0.05) is 35.5 Å². The van der Waals surface area contributed by atoms with E-state index in [-0.39, 0.29) is 28.7 Å². The third-order valence-corrected chi connectivity index (χ3v) is 7.03. The highest BCUT2D eigenvalue weighted by molar-refractivity contribution is 7.91. The minimum absolute atomic E-state index is 0.000177. The Balaban J connectivity index is 0.00000176. The number of thiophene rings is 1. The first-order chi connectivity index (χ1) is 15.3. The summed E-state index contributed by atoms with van der Waals surface area (Å²) in [4.78, 5) is 23.7. The summed E-state index contributed by atoms with van der Waals surface area (Å²) in [6, 6.07) is 11.6. The molecule has 12 heteroatoms. The Labute approximate surface area is 189 Å². The van der Waals surface area contributed by atoms with Crippen molar-refractivity contribution < 1.29 is 32.4 Å². The van der Waals surface area contributed by atoms with Crippen molar-refractivity contribution in [2.45, 2.75) is 23.6 Å². The van der Waals surface area contributed by atoms with Gasteiger partial charge in [0.15, 0.2) is 0 Å². The molecule has 0 saturated heterocycles. The van der Waals surface area contributed by atoms with Crippen molar-refractivity contribution in [3.8, 4) is 10.6 Å². The fraction of sp³-hybridized carbons (Fsp3) is 0.250. The first-order valence-corrected chi connectivity index (χ1v) is 11.7. The number of carbonyl (C=O) groups excluding carboxylic acids is 1. The van der Waals surface area contributed by atoms with Crippen LogP contribution in [0.1, 0.15) is 23.0 Å². The van der Waals surface area contributed by atoms with E-state index in [2.05, 4.69) is 15.6 Å². The monoisotopic (exact) mass is 481 g/mol. The highest BCUT2D eigenvalue weighted by Crippen LogP contribution is 2.30. The molecule has 32 heavy (non-hydrogen) atoms. The van der Waals surface area contributed by atoms with Gasteiger partial charge in [0.2, 0.25) is 5.76 Å². The minimum atomic E-state index is -4.09. The molecule has 0 amide bonds. The fourth-order valence-corrected chi connectivity index (χ4v) is 5.03. The van der Waals surface area contributed by atoms with Crippen molar-refractivity contribution in [1.82, 2.24) is 9.88 Å². The topological polar surface area (TPSA) is 162 Å². The molecule has 2 heterocycles. The summed E-state index contributed by atoms with van der Waals surface area (Å²) in [7, 11) is -2.59. The number of sulfonamides is 1. The van der Waals surface area contributed by atoms with E-state index in [1.165, 1.54) is 25.2 Å². The second-order valence-corrected chi connectivity index (χ2v) is 9.14. The summed E-state index contributed by atoms with van der Waals surface area (Å²) in [5.74, 6) is -2.06. The molecular formula is C20H23N3O7S2. The lowest BCUT2D eigenvalue weighted by Gasteiger charge is -2.14. The Morgan fingerprint density at radius 1 is 1.22 bits per heavy atom. The Bertz CT molecular complexity index is 1140. The number of ether oxygens (including phenoxy) is 1. The van der Waals surface area contributed by atoms with Crippen molar-refractivity contribution in [1.29, 1.82) is 0 Å². The molecule has 4 N–H and O–H groups in total. The Morgan fingerprint density at radius 3 is 2.53 bits per heavy atom. The lowest BCUT2D eigenvalue weighted by Crippen LogP contribution is -2.42. The van der Waals surface area contributed by atoms with Gasteiger partial charge >= 0.3 is 11.9 Å². The van der Waals surface area contributed by atoms with E-state index in [0.29, 0.717) is 10.4 Å². The third-order valence-electron chi connectivity index (χ3n) is 3.96. The van der Waals surface area contributed by atoms with Crippen molar-refractivity contribution in [2.24, 2.45) is 5.73 Å². The highest BCUT2D eigenvalue weighted by Gasteiger charge is 2.27. The van der Waals surface area contributed by atoms with Gasteiger partial charge in [0.1, 0.15) is 15.9 Å². The van der Waals surface area contributed by atoms with Crippen molar-refractivity contribution in [3.05, 3.63) is 59.9 Å². The van der Waals surface area contributed by atoms with Crippen molar-refractivity contribution >= 4 is 33.3 Å². The zero-order chi connectivity index (χ0) is 23.7. The number of esters is 1. The minimum Gasteiger partial charge on any atom is -0.480 e. The van der Waals surface area contributed by atoms with Gasteiger partial charge in [0.05, 0.1) is 11.5 Å². The number of carbonyl (C=O) groups is 2. The van der Waals surface area contributed by atoms with Crippen LogP contribution in [-0.4, -0.2) is 50.3 Å². The van der Waals surface area contributed by atoms with E-state index in [1.807, 2.05) is 0 Å². The average molecular weight is 482 g/mol. The number of carboxylic acids is 1. The first kappa shape index (κ1) is 25.2. The number of benzene rings is 1. The Hall–Kier alpha value is -3.06. The van der Waals surface area contributed by atoms with Gasteiger partial charge in [-0.25, -0.2) is 13.2 Å². The molecule has 1 atom stereocenters. The quantitative estimate of drug-likeness (QED) is 0.389. The van der Waals surface area contributed by atoms with Crippen LogP contribution in [0.25, 0.3) is 10.6 Å². The van der Waals surface area contributed by atoms with E-state index in [9.17, 15) is 23.1 Å². The molecular weight excluding hydrogens is 458 g/mol. The van der Waals surface area contributed by atoms with E-state index in [4.69, 9.17) is 9.26 Å². The van der Waals surface area contributed by atoms with Crippen LogP contribution < -0.4 is 10.5 Å². The molecule has 1 unspecified atom stereocenters. The molecule has 3 aromatic rings. The molecule has 0 aliphatic carbocycles. The molecule has 10 nitrogen and oxygen atoms in total. The molecule has 0 bridgehead atoms. The molecule has 0 fully saturated rings. The summed E-state index contributed by atoms with van der Waals surface area (Å²) >= 11 is 0.873. The van der Waals surface area contributed by atoms with E-state index in [1.54, 1.807) is 37.3 Å². The molecule has 172 valence electrons. The molecule has 0 aliphatic heterocycles. The van der Waals surface area contributed by atoms with Crippen molar-refractivity contribution in [2.75, 3.05) is 13.7 Å². The normalized spacial score (nSPS) is 11.8. The van der Waals surface area contributed by atoms with Crippen LogP contribution >= 0.6 is 11.3 Å². The summed E-state index contributed by atoms with van der Waals surface area (Å²) in [5, 5.41) is 13.2. The van der Waals surface area contributed by atoms with Crippen LogP contribution in [0.3, 0.4) is 0 Å². The van der Waals surface area contributed by atoms with Gasteiger partial charge in [-0.15, -0.1) is 11.3 Å². The van der Waals surface area contributed by atoms with Gasteiger partial charge in [-0.3, -0.25) is 4.79 Å². The summed E-state index contributed by atoms with van der Waals surface area (Å²) in [6.07, 6.45) is -0.000177. The van der Waals surface area contributed by atoms with Crippen LogP contribution in [0, 0.1) is 0 Å². The van der Waals surface area contributed by atoms with Gasteiger partial charge < -0.3 is 20.1 Å². The van der Waals surface area contributed by atoms with Crippen LogP contribution in [0.5, 0.6) is 0 Å². The maximum Gasteiger partial charge on any atom is 0.377 e. The van der Waals surface area contributed by atoms with E-state index < -0.39 is 28.0 Å². The lowest BCUT2D eigenvalue weighted by molar-refractivity contribution is -0.138. The largest absolute Gasteiger partial charge is 0.480 e. The number of nitrogens with one attached hydrogen (secondary N) is 1. The second kappa shape index (κ2) is 11.5. The summed E-state index contributed by atoms with van der Waals surface area (Å²) in [6.45, 7) is 1.83. The first-order valence-electron chi connectivity index (χ1n) is 9.41. The van der Waals surface area contributed by atoms with Gasteiger partial charge in [-0.2, -0.15) is 4.72 Å². The third kappa shape index (κ3) is 6.47. The molecule has 0 saturated carbocycles. The molecule has 1 aromatic carbocycles. The SMILES string of the molecule is CCOC(=O)c1cc(-c2ccc(S(=O)(=O)NC(Cc3ccccc3)C(=O)O)s2)no1.CN. The molecule has 0 spiro atoms. The van der Waals surface area contributed by atoms with Gasteiger partial charge in [-0.05, 0) is 38.1 Å². The van der Waals surface area contributed by atoms with E-state index in [0.717, 1.165) is 11.3 Å². The van der Waals surface area contributed by atoms with Gasteiger partial charge in [0.25, 0.3) is 10.0 Å². The number of nitrogens with zero attached hydrogens (tertiary/aromatic N) is 1. The maximum absolute atomic E-state index is 12.7. The maximum atomic E-state index is 12.7. The van der Waals surface area contributed by atoms with Crippen molar-refractivity contribution in [3.63, 3.8) is 0 Å². The molecule has 3 rings (SSSR count). The Kier molecular flexibility index (Phi) is 9.08. The number of aromatic nitrogens is 1. The molecule has 0 radical (unpaired) electrons. The molecule has 2 aromatic heterocycles. The highest BCUT2D eigenvalue weighted by atomic mass is 32.2. The molecule has 0 aliphatic rings. The second-order valence-electron chi connectivity index (χ2n) is 6.12. The van der Waals surface area contributed by atoms with Crippen LogP contribution in [0.4, 0.5) is 0 Å². The predicted octanol–water partition coefficient (Wildman–Crippen LogP) is 2.13. The summed E-state index contributed by atoms with van der Waals surface area (Å²) in [5.41, 5.74) is 5.46. The van der Waals surface area contributed by atoms with E-state index >= 15 is 0 Å². The smallest absolute Gasteiger partial charge is 0.377 e.